The van der Waals surface area contributed by atoms with Crippen LogP contribution in [0.15, 0.2) is 16.3 Å². The molecule has 3 N–H and O–H groups in total. The Morgan fingerprint density at radius 2 is 2.27 bits per heavy atom. The van der Waals surface area contributed by atoms with Gasteiger partial charge < -0.3 is 5.73 Å². The first-order chi connectivity index (χ1) is 6.95. The zero-order valence-electron chi connectivity index (χ0n) is 8.19. The summed E-state index contributed by atoms with van der Waals surface area (Å²) in [6, 6.07) is 3.39. The third-order valence-corrected chi connectivity index (χ3v) is 4.95. The van der Waals surface area contributed by atoms with Crippen LogP contribution in [0.1, 0.15) is 11.8 Å². The molecule has 4 nitrogen and oxygen atoms in total. The van der Waals surface area contributed by atoms with Crippen LogP contribution in [0, 0.1) is 0 Å². The summed E-state index contributed by atoms with van der Waals surface area (Å²) in [6.07, 6.45) is 0.829. The van der Waals surface area contributed by atoms with Gasteiger partial charge in [0.2, 0.25) is 10.0 Å². The fraction of sp³-hybridized carbons (Fsp3) is 0.375. The van der Waals surface area contributed by atoms with Gasteiger partial charge >= 0.3 is 0 Å². The van der Waals surface area contributed by atoms with Crippen LogP contribution in [0.3, 0.4) is 0 Å². The van der Waals surface area contributed by atoms with Crippen molar-refractivity contribution in [3.63, 3.8) is 0 Å². The molecule has 0 aliphatic carbocycles. The van der Waals surface area contributed by atoms with Crippen molar-refractivity contribution in [3.05, 3.63) is 17.0 Å². The number of thiocarbonyl (C=S) groups is 1. The number of nitrogens with two attached hydrogens (primary N) is 1. The maximum atomic E-state index is 11.7. The summed E-state index contributed by atoms with van der Waals surface area (Å²) in [5, 5.41) is 0. The maximum Gasteiger partial charge on any atom is 0.250 e. The number of thiophene rings is 1. The van der Waals surface area contributed by atoms with Crippen LogP contribution in [0.5, 0.6) is 0 Å². The molecule has 1 heterocycles. The summed E-state index contributed by atoms with van der Waals surface area (Å²) in [5.41, 5.74) is 5.22. The highest BCUT2D eigenvalue weighted by molar-refractivity contribution is 7.91. The Bertz CT molecular complexity index is 450. The van der Waals surface area contributed by atoms with Gasteiger partial charge in [0.1, 0.15) is 4.21 Å². The SMILES string of the molecule is CCc1ccc(S(=O)(=O)NCC(N)=S)s1. The van der Waals surface area contributed by atoms with Gasteiger partial charge in [0, 0.05) is 4.88 Å². The van der Waals surface area contributed by atoms with Crippen LogP contribution in [-0.2, 0) is 16.4 Å². The molecule has 0 bridgehead atoms. The van der Waals surface area contributed by atoms with Gasteiger partial charge in [-0.2, -0.15) is 0 Å². The Kier molecular flexibility index (Phi) is 4.21. The van der Waals surface area contributed by atoms with E-state index in [1.807, 2.05) is 6.92 Å². The average Bonchev–Trinajstić information content (AvgIpc) is 2.63. The van der Waals surface area contributed by atoms with E-state index in [1.165, 1.54) is 11.3 Å². The van der Waals surface area contributed by atoms with Crippen molar-refractivity contribution < 1.29 is 8.42 Å². The molecule has 0 amide bonds. The van der Waals surface area contributed by atoms with Gasteiger partial charge in [0.15, 0.2) is 0 Å². The lowest BCUT2D eigenvalue weighted by Gasteiger charge is -2.02. The number of aryl methyl sites for hydroxylation is 1. The van der Waals surface area contributed by atoms with Gasteiger partial charge in [-0.15, -0.1) is 11.3 Å². The molecule has 1 aromatic rings. The topological polar surface area (TPSA) is 72.2 Å². The summed E-state index contributed by atoms with van der Waals surface area (Å²) in [6.45, 7) is 1.97. The highest BCUT2D eigenvalue weighted by Crippen LogP contribution is 2.21. The molecule has 15 heavy (non-hydrogen) atoms. The molecule has 0 unspecified atom stereocenters. The highest BCUT2D eigenvalue weighted by atomic mass is 32.2. The van der Waals surface area contributed by atoms with E-state index in [0.29, 0.717) is 4.21 Å². The van der Waals surface area contributed by atoms with E-state index in [-0.39, 0.29) is 11.5 Å². The summed E-state index contributed by atoms with van der Waals surface area (Å²) in [5.74, 6) is 0. The van der Waals surface area contributed by atoms with E-state index < -0.39 is 10.0 Å². The first-order valence-corrected chi connectivity index (χ1v) is 7.03. The monoisotopic (exact) mass is 264 g/mol. The summed E-state index contributed by atoms with van der Waals surface area (Å²) >= 11 is 5.85. The third kappa shape index (κ3) is 3.53. The second kappa shape index (κ2) is 5.02. The number of nitrogens with one attached hydrogen (secondary N) is 1. The van der Waals surface area contributed by atoms with E-state index in [2.05, 4.69) is 16.9 Å². The van der Waals surface area contributed by atoms with Crippen molar-refractivity contribution in [2.45, 2.75) is 17.6 Å². The molecule has 0 radical (unpaired) electrons. The lowest BCUT2D eigenvalue weighted by Crippen LogP contribution is -2.31. The Labute approximate surface area is 98.5 Å². The van der Waals surface area contributed by atoms with Crippen LogP contribution in [-0.4, -0.2) is 20.0 Å². The van der Waals surface area contributed by atoms with Crippen LogP contribution in [0.2, 0.25) is 0 Å². The van der Waals surface area contributed by atoms with E-state index in [1.54, 1.807) is 12.1 Å². The fourth-order valence-corrected chi connectivity index (χ4v) is 3.44. The fourth-order valence-electron chi connectivity index (χ4n) is 0.930. The smallest absolute Gasteiger partial charge is 0.250 e. The molecule has 0 aromatic carbocycles. The number of rotatable bonds is 5. The Morgan fingerprint density at radius 3 is 2.73 bits per heavy atom. The molecule has 0 aliphatic rings. The molecule has 1 aromatic heterocycles. The lowest BCUT2D eigenvalue weighted by atomic mass is 10.4. The van der Waals surface area contributed by atoms with Crippen molar-refractivity contribution in [3.8, 4) is 0 Å². The molecular weight excluding hydrogens is 252 g/mol. The number of sulfonamides is 1. The quantitative estimate of drug-likeness (QED) is 0.774. The molecule has 7 heteroatoms. The summed E-state index contributed by atoms with van der Waals surface area (Å²) in [4.78, 5) is 1.16. The van der Waals surface area contributed by atoms with E-state index >= 15 is 0 Å². The molecule has 0 saturated carbocycles. The summed E-state index contributed by atoms with van der Waals surface area (Å²) in [7, 11) is -3.44. The minimum atomic E-state index is -3.44. The second-order valence-electron chi connectivity index (χ2n) is 2.87. The largest absolute Gasteiger partial charge is 0.392 e. The van der Waals surface area contributed by atoms with E-state index in [9.17, 15) is 8.42 Å². The highest BCUT2D eigenvalue weighted by Gasteiger charge is 2.15. The standard InChI is InChI=1S/C8H12N2O2S3/c1-2-6-3-4-8(14-6)15(11,12)10-5-7(9)13/h3-4,10H,2,5H2,1H3,(H2,9,13). The minimum Gasteiger partial charge on any atom is -0.392 e. The average molecular weight is 264 g/mol. The Morgan fingerprint density at radius 1 is 1.60 bits per heavy atom. The first kappa shape index (κ1) is 12.6. The Hall–Kier alpha value is -0.500. The van der Waals surface area contributed by atoms with Crippen LogP contribution < -0.4 is 10.5 Å². The molecular formula is C8H12N2O2S3. The van der Waals surface area contributed by atoms with Crippen molar-refractivity contribution in [1.82, 2.24) is 4.72 Å². The predicted octanol–water partition coefficient (Wildman–Crippen LogP) is 0.875. The van der Waals surface area contributed by atoms with Gasteiger partial charge in [0.05, 0.1) is 11.5 Å². The van der Waals surface area contributed by atoms with Crippen LogP contribution in [0.4, 0.5) is 0 Å². The summed E-state index contributed by atoms with van der Waals surface area (Å²) < 4.78 is 25.9. The number of hydrogen-bond donors (Lipinski definition) is 2. The predicted molar refractivity (Wildman–Crippen MR) is 65.7 cm³/mol. The molecule has 84 valence electrons. The Balaban J connectivity index is 2.81. The van der Waals surface area contributed by atoms with Gasteiger partial charge in [0.25, 0.3) is 0 Å². The van der Waals surface area contributed by atoms with Gasteiger partial charge in [-0.05, 0) is 18.6 Å². The molecule has 0 spiro atoms. The normalized spacial score (nSPS) is 11.5. The van der Waals surface area contributed by atoms with Gasteiger partial charge in [-0.1, -0.05) is 19.1 Å². The zero-order chi connectivity index (χ0) is 11.5. The molecule has 0 fully saturated rings. The van der Waals surface area contributed by atoms with Crippen molar-refractivity contribution in [2.75, 3.05) is 6.54 Å². The molecule has 0 aliphatic heterocycles. The second-order valence-corrected chi connectivity index (χ2v) is 6.55. The van der Waals surface area contributed by atoms with Crippen molar-refractivity contribution >= 4 is 38.6 Å². The van der Waals surface area contributed by atoms with Crippen molar-refractivity contribution in [1.29, 1.82) is 0 Å². The third-order valence-electron chi connectivity index (χ3n) is 1.69. The molecule has 0 atom stereocenters. The van der Waals surface area contributed by atoms with Crippen LogP contribution >= 0.6 is 23.6 Å². The molecule has 0 saturated heterocycles. The van der Waals surface area contributed by atoms with Gasteiger partial charge in [-0.3, -0.25) is 0 Å². The van der Waals surface area contributed by atoms with Crippen LogP contribution in [0.25, 0.3) is 0 Å². The minimum absolute atomic E-state index is 0.00295. The van der Waals surface area contributed by atoms with E-state index in [0.717, 1.165) is 11.3 Å². The zero-order valence-corrected chi connectivity index (χ0v) is 10.6. The lowest BCUT2D eigenvalue weighted by molar-refractivity contribution is 0.588. The van der Waals surface area contributed by atoms with E-state index in [4.69, 9.17) is 5.73 Å². The first-order valence-electron chi connectivity index (χ1n) is 4.32. The van der Waals surface area contributed by atoms with Gasteiger partial charge in [-0.25, -0.2) is 13.1 Å². The number of hydrogen-bond acceptors (Lipinski definition) is 4. The molecule has 1 rings (SSSR count). The maximum absolute atomic E-state index is 11.7. The van der Waals surface area contributed by atoms with Crippen molar-refractivity contribution in [2.24, 2.45) is 5.73 Å².